The number of aromatic hydroxyl groups is 1. The highest BCUT2D eigenvalue weighted by Crippen LogP contribution is 2.55. The molecule has 8 atom stereocenters. The summed E-state index contributed by atoms with van der Waals surface area (Å²) in [4.78, 5) is 79.6. The van der Waals surface area contributed by atoms with Crippen LogP contribution in [-0.4, -0.2) is 99.1 Å². The number of nitrogens with two attached hydrogens (primary N) is 1. The average Bonchev–Trinajstić information content (AvgIpc) is 2.85. The zero-order chi connectivity index (χ0) is 29.1. The maximum atomic E-state index is 13.9. The number of ether oxygens (including phenoxy) is 1. The first kappa shape index (κ1) is 28.8. The van der Waals surface area contributed by atoms with Crippen molar-refractivity contribution in [2.24, 2.45) is 29.4 Å². The Morgan fingerprint density at radius 3 is 2.38 bits per heavy atom. The number of hydrogen-bond acceptors (Lipinski definition) is 11. The minimum atomic E-state index is -3.08. The molecule has 14 heteroatoms. The van der Waals surface area contributed by atoms with Crippen molar-refractivity contribution in [1.29, 1.82) is 0 Å². The predicted octanol–water partition coefficient (Wildman–Crippen LogP) is -0.658. The topological polar surface area (TPSA) is 214 Å². The Labute approximate surface area is 230 Å². The van der Waals surface area contributed by atoms with E-state index in [9.17, 15) is 44.1 Å². The number of alkyl halides is 1. The van der Waals surface area contributed by atoms with E-state index in [1.807, 2.05) is 0 Å². The molecule has 0 aromatic heterocycles. The van der Waals surface area contributed by atoms with Crippen LogP contribution in [0.25, 0.3) is 0 Å². The number of likely N-dealkylation sites (N-methyl/N-ethyl adjacent to an activating group) is 1. The SMILES string of the molecule is C[C@H]1c2ccc(NC(=O)OCCBr)c(O)c2C(=O)C2C(=O)[C@]3(O)C(=O)C(C(N)=O)C(=O)[C@@H](N(C)C)[C@@H]3[C@@H](O)[C@@H]21. The number of aliphatic hydroxyl groups excluding tert-OH is 1. The summed E-state index contributed by atoms with van der Waals surface area (Å²) in [6.07, 6.45) is -2.64. The molecule has 2 unspecified atom stereocenters. The highest BCUT2D eigenvalue weighted by molar-refractivity contribution is 9.09. The second kappa shape index (κ2) is 10.1. The van der Waals surface area contributed by atoms with E-state index in [4.69, 9.17) is 10.5 Å². The van der Waals surface area contributed by atoms with Crippen molar-refractivity contribution in [3.63, 3.8) is 0 Å². The summed E-state index contributed by atoms with van der Waals surface area (Å²) in [6.45, 7) is 1.62. The lowest BCUT2D eigenvalue weighted by atomic mass is 9.49. The number of fused-ring (bicyclic) bond motifs is 3. The third-order valence-corrected chi connectivity index (χ3v) is 8.36. The van der Waals surface area contributed by atoms with Crippen LogP contribution < -0.4 is 11.1 Å². The van der Waals surface area contributed by atoms with Crippen molar-refractivity contribution in [2.75, 3.05) is 31.3 Å². The zero-order valence-electron chi connectivity index (χ0n) is 21.2. The Balaban J connectivity index is 1.85. The fourth-order valence-electron chi connectivity index (χ4n) is 6.37. The second-order valence-corrected chi connectivity index (χ2v) is 11.0. The molecule has 0 radical (unpaired) electrons. The van der Waals surface area contributed by atoms with Crippen LogP contribution >= 0.6 is 15.9 Å². The van der Waals surface area contributed by atoms with Crippen molar-refractivity contribution < 1.29 is 48.8 Å². The van der Waals surface area contributed by atoms with E-state index in [0.717, 1.165) is 0 Å². The molecule has 2 amide bonds. The third kappa shape index (κ3) is 4.08. The first-order valence-electron chi connectivity index (χ1n) is 12.1. The number of halogens is 1. The summed E-state index contributed by atoms with van der Waals surface area (Å²) in [5, 5.41) is 36.8. The molecule has 4 rings (SSSR count). The van der Waals surface area contributed by atoms with Crippen molar-refractivity contribution in [2.45, 2.75) is 30.6 Å². The van der Waals surface area contributed by atoms with Crippen molar-refractivity contribution >= 4 is 56.8 Å². The molecule has 0 saturated heterocycles. The van der Waals surface area contributed by atoms with Gasteiger partial charge in [-0.05, 0) is 31.6 Å². The number of phenols is 1. The number of rotatable bonds is 5. The number of hydrogen-bond donors (Lipinski definition) is 5. The minimum Gasteiger partial charge on any atom is -0.505 e. The molecule has 0 spiro atoms. The maximum Gasteiger partial charge on any atom is 0.411 e. The lowest BCUT2D eigenvalue weighted by Gasteiger charge is -2.56. The Bertz CT molecular complexity index is 1300. The standard InChI is InChI=1S/C25H28BrN3O10/c1-8-9-4-5-10(28-24(37)39-7-6-26)17(30)12(9)18(31)13-11(8)19(32)15-16(29(2)3)20(33)14(23(27)36)22(35)25(15,38)21(13)34/h4-5,8,11,13-16,19,30,32,38H,6-7H2,1-3H3,(H2,27,36)(H,28,37)/t8-,11+,13?,14?,15+,16-,19-,25-/m0/s1. The highest BCUT2D eigenvalue weighted by Gasteiger charge is 2.72. The fraction of sp³-hybridized carbons (Fsp3) is 0.520. The number of aliphatic hydroxyl groups is 2. The smallest absolute Gasteiger partial charge is 0.411 e. The van der Waals surface area contributed by atoms with Crippen molar-refractivity contribution in [3.8, 4) is 5.75 Å². The maximum absolute atomic E-state index is 13.9. The molecule has 2 fully saturated rings. The van der Waals surface area contributed by atoms with Gasteiger partial charge in [-0.1, -0.05) is 28.9 Å². The van der Waals surface area contributed by atoms with Crippen LogP contribution in [0, 0.1) is 23.7 Å². The van der Waals surface area contributed by atoms with E-state index in [-0.39, 0.29) is 23.4 Å². The first-order valence-corrected chi connectivity index (χ1v) is 13.2. The van der Waals surface area contributed by atoms with Crippen LogP contribution in [0.15, 0.2) is 12.1 Å². The molecule has 3 aliphatic rings. The van der Waals surface area contributed by atoms with Crippen LogP contribution in [0.4, 0.5) is 10.5 Å². The number of Topliss-reactive ketones (excluding diaryl/α,β-unsaturated/α-hetero) is 4. The molecular formula is C25H28BrN3O10. The molecular weight excluding hydrogens is 582 g/mol. The van der Waals surface area contributed by atoms with E-state index in [1.165, 1.54) is 31.1 Å². The number of nitrogens with zero attached hydrogens (tertiary/aromatic N) is 1. The number of nitrogens with one attached hydrogen (secondary N) is 1. The van der Waals surface area contributed by atoms with E-state index < -0.39 is 88.2 Å². The van der Waals surface area contributed by atoms with Gasteiger partial charge in [0.15, 0.2) is 34.7 Å². The summed E-state index contributed by atoms with van der Waals surface area (Å²) in [5.41, 5.74) is 1.94. The number of anilines is 1. The molecule has 1 aromatic rings. The minimum absolute atomic E-state index is 0.0279. The van der Waals surface area contributed by atoms with Gasteiger partial charge in [0, 0.05) is 11.2 Å². The van der Waals surface area contributed by atoms with E-state index >= 15 is 0 Å². The van der Waals surface area contributed by atoms with Gasteiger partial charge in [-0.25, -0.2) is 4.79 Å². The Morgan fingerprint density at radius 2 is 1.82 bits per heavy atom. The molecule has 0 aliphatic heterocycles. The fourth-order valence-corrected chi connectivity index (χ4v) is 6.53. The van der Waals surface area contributed by atoms with Crippen LogP contribution in [-0.2, 0) is 23.9 Å². The first-order chi connectivity index (χ1) is 18.2. The largest absolute Gasteiger partial charge is 0.505 e. The monoisotopic (exact) mass is 609 g/mol. The summed E-state index contributed by atoms with van der Waals surface area (Å²) >= 11 is 3.10. The average molecular weight is 610 g/mol. The predicted molar refractivity (Wildman–Crippen MR) is 136 cm³/mol. The van der Waals surface area contributed by atoms with Gasteiger partial charge in [0.25, 0.3) is 0 Å². The van der Waals surface area contributed by atoms with E-state index in [1.54, 1.807) is 6.92 Å². The lowest BCUT2D eigenvalue weighted by Crippen LogP contribution is -2.77. The molecule has 0 bridgehead atoms. The quantitative estimate of drug-likeness (QED) is 0.160. The molecule has 39 heavy (non-hydrogen) atoms. The highest BCUT2D eigenvalue weighted by atomic mass is 79.9. The van der Waals surface area contributed by atoms with E-state index in [0.29, 0.717) is 5.33 Å². The lowest BCUT2D eigenvalue weighted by molar-refractivity contribution is -0.196. The molecule has 0 heterocycles. The number of amides is 2. The summed E-state index contributed by atoms with van der Waals surface area (Å²) < 4.78 is 4.89. The molecule has 6 N–H and O–H groups in total. The second-order valence-electron chi connectivity index (χ2n) is 10.2. The van der Waals surface area contributed by atoms with Gasteiger partial charge in [0.2, 0.25) is 5.91 Å². The normalized spacial score (nSPS) is 33.8. The van der Waals surface area contributed by atoms with Gasteiger partial charge in [0.05, 0.1) is 35.2 Å². The van der Waals surface area contributed by atoms with Gasteiger partial charge in [-0.2, -0.15) is 0 Å². The number of carbonyl (C=O) groups is 6. The van der Waals surface area contributed by atoms with Crippen LogP contribution in [0.5, 0.6) is 5.75 Å². The van der Waals surface area contributed by atoms with Gasteiger partial charge in [0.1, 0.15) is 12.4 Å². The summed E-state index contributed by atoms with van der Waals surface area (Å²) in [6, 6.07) is 1.32. The van der Waals surface area contributed by atoms with E-state index in [2.05, 4.69) is 21.2 Å². The van der Waals surface area contributed by atoms with Crippen molar-refractivity contribution in [1.82, 2.24) is 4.90 Å². The van der Waals surface area contributed by atoms with Gasteiger partial charge in [-0.15, -0.1) is 0 Å². The number of phenolic OH excluding ortho intramolecular Hbond substituents is 1. The van der Waals surface area contributed by atoms with Crippen LogP contribution in [0.1, 0.15) is 28.8 Å². The molecule has 2 saturated carbocycles. The number of primary amides is 1. The third-order valence-electron chi connectivity index (χ3n) is 8.04. The van der Waals surface area contributed by atoms with Gasteiger partial charge >= 0.3 is 6.09 Å². The Kier molecular flexibility index (Phi) is 7.44. The molecule has 13 nitrogen and oxygen atoms in total. The van der Waals surface area contributed by atoms with Crippen LogP contribution in [0.2, 0.25) is 0 Å². The zero-order valence-corrected chi connectivity index (χ0v) is 22.8. The number of carbonyl (C=O) groups excluding carboxylic acids is 6. The van der Waals surface area contributed by atoms with Crippen LogP contribution in [0.3, 0.4) is 0 Å². The van der Waals surface area contributed by atoms with Gasteiger partial charge in [-0.3, -0.25) is 34.2 Å². The molecule has 210 valence electrons. The van der Waals surface area contributed by atoms with Crippen molar-refractivity contribution in [3.05, 3.63) is 23.3 Å². The number of ketones is 4. The summed E-state index contributed by atoms with van der Waals surface area (Å²) in [5.74, 6) is -14.4. The number of benzene rings is 1. The molecule has 1 aromatic carbocycles. The Hall–Kier alpha value is -3.20. The molecule has 3 aliphatic carbocycles. The van der Waals surface area contributed by atoms with Gasteiger partial charge < -0.3 is 25.8 Å². The Morgan fingerprint density at radius 1 is 1.18 bits per heavy atom. The summed E-state index contributed by atoms with van der Waals surface area (Å²) in [7, 11) is 2.83.